The molecule has 0 radical (unpaired) electrons. The normalized spacial score (nSPS) is 11.5. The van der Waals surface area contributed by atoms with E-state index in [2.05, 4.69) is 5.16 Å². The van der Waals surface area contributed by atoms with Gasteiger partial charge in [0.2, 0.25) is 0 Å². The number of hydrogen-bond donors (Lipinski definition) is 1. The van der Waals surface area contributed by atoms with Gasteiger partial charge in [-0.25, -0.2) is 4.79 Å². The molecule has 0 fully saturated rings. The Bertz CT molecular complexity index is 711. The van der Waals surface area contributed by atoms with E-state index in [1.165, 1.54) is 13.0 Å². The van der Waals surface area contributed by atoms with Crippen LogP contribution in [0.5, 0.6) is 0 Å². The molecule has 1 aromatic carbocycles. The van der Waals surface area contributed by atoms with Gasteiger partial charge in [-0.1, -0.05) is 35.0 Å². The second-order valence-electron chi connectivity index (χ2n) is 5.16. The van der Waals surface area contributed by atoms with Gasteiger partial charge in [0.15, 0.2) is 5.76 Å². The van der Waals surface area contributed by atoms with Gasteiger partial charge in [0.1, 0.15) is 11.5 Å². The lowest BCUT2D eigenvalue weighted by Gasteiger charge is -1.98. The summed E-state index contributed by atoms with van der Waals surface area (Å²) in [7, 11) is 0. The lowest BCUT2D eigenvalue weighted by Crippen LogP contribution is -2.02. The minimum atomic E-state index is -1.06. The smallest absolute Gasteiger partial charge is 0.331 e. The Hall–Kier alpha value is -2.69. The second-order valence-corrected chi connectivity index (χ2v) is 5.16. The van der Waals surface area contributed by atoms with Crippen molar-refractivity contribution in [2.75, 3.05) is 0 Å². The van der Waals surface area contributed by atoms with Crippen LogP contribution in [0.3, 0.4) is 0 Å². The number of rotatable bonds is 6. The zero-order chi connectivity index (χ0) is 16.1. The molecule has 0 amide bonds. The van der Waals surface area contributed by atoms with Crippen LogP contribution >= 0.6 is 0 Å². The standard InChI is InChI=1S/C17H17NO4/c1-11-3-6-13(7-4-11)16-10-15(22-18-16)9-14(17(20)21)8-5-12(2)19/h3-4,6-7,9-10H,5,8H2,1-2H3,(H,20,21)/b14-9+. The summed E-state index contributed by atoms with van der Waals surface area (Å²) >= 11 is 0. The molecule has 0 aliphatic carbocycles. The van der Waals surface area contributed by atoms with Crippen molar-refractivity contribution in [3.8, 4) is 11.3 Å². The number of aliphatic carboxylic acids is 1. The molecule has 0 saturated carbocycles. The number of Topliss-reactive ketones (excluding diaryl/α,β-unsaturated/α-hetero) is 1. The lowest BCUT2D eigenvalue weighted by atomic mass is 10.1. The Kier molecular flexibility index (Phi) is 4.88. The van der Waals surface area contributed by atoms with Gasteiger partial charge < -0.3 is 14.4 Å². The van der Waals surface area contributed by atoms with Gasteiger partial charge in [-0.2, -0.15) is 0 Å². The maximum absolute atomic E-state index is 11.2. The third kappa shape index (κ3) is 4.15. The van der Waals surface area contributed by atoms with Gasteiger partial charge in [0, 0.05) is 23.6 Å². The van der Waals surface area contributed by atoms with Gasteiger partial charge >= 0.3 is 5.97 Å². The average Bonchev–Trinajstić information content (AvgIpc) is 2.92. The summed E-state index contributed by atoms with van der Waals surface area (Å²) < 4.78 is 5.16. The van der Waals surface area contributed by atoms with E-state index in [-0.39, 0.29) is 24.2 Å². The maximum atomic E-state index is 11.2. The topological polar surface area (TPSA) is 80.4 Å². The quantitative estimate of drug-likeness (QED) is 0.826. The van der Waals surface area contributed by atoms with E-state index in [1.807, 2.05) is 31.2 Å². The van der Waals surface area contributed by atoms with Crippen LogP contribution in [-0.2, 0) is 9.59 Å². The zero-order valence-corrected chi connectivity index (χ0v) is 12.5. The highest BCUT2D eigenvalue weighted by Crippen LogP contribution is 2.21. The summed E-state index contributed by atoms with van der Waals surface area (Å²) in [4.78, 5) is 22.2. The van der Waals surface area contributed by atoms with E-state index in [0.717, 1.165) is 11.1 Å². The van der Waals surface area contributed by atoms with E-state index in [1.54, 1.807) is 6.07 Å². The molecule has 114 valence electrons. The molecule has 1 N–H and O–H groups in total. The second kappa shape index (κ2) is 6.85. The number of aryl methyl sites for hydroxylation is 1. The number of ketones is 1. The van der Waals surface area contributed by atoms with Crippen molar-refractivity contribution >= 4 is 17.8 Å². The molecule has 5 nitrogen and oxygen atoms in total. The summed E-state index contributed by atoms with van der Waals surface area (Å²) in [6, 6.07) is 9.47. The van der Waals surface area contributed by atoms with Crippen molar-refractivity contribution in [2.24, 2.45) is 0 Å². The van der Waals surface area contributed by atoms with Crippen LogP contribution in [0.25, 0.3) is 17.3 Å². The molecule has 0 unspecified atom stereocenters. The van der Waals surface area contributed by atoms with E-state index in [9.17, 15) is 9.59 Å². The largest absolute Gasteiger partial charge is 0.478 e. The van der Waals surface area contributed by atoms with Gasteiger partial charge in [-0.05, 0) is 26.3 Å². The van der Waals surface area contributed by atoms with Crippen LogP contribution in [-0.4, -0.2) is 22.0 Å². The van der Waals surface area contributed by atoms with E-state index in [0.29, 0.717) is 11.5 Å². The van der Waals surface area contributed by atoms with Crippen molar-refractivity contribution in [3.63, 3.8) is 0 Å². The first-order valence-electron chi connectivity index (χ1n) is 6.93. The number of nitrogens with zero attached hydrogens (tertiary/aromatic N) is 1. The van der Waals surface area contributed by atoms with Crippen LogP contribution in [0.4, 0.5) is 0 Å². The van der Waals surface area contributed by atoms with Gasteiger partial charge in [-0.15, -0.1) is 0 Å². The molecule has 0 aliphatic heterocycles. The number of aromatic nitrogens is 1. The molecule has 0 saturated heterocycles. The molecule has 2 aromatic rings. The van der Waals surface area contributed by atoms with Crippen molar-refractivity contribution < 1.29 is 19.2 Å². The highest BCUT2D eigenvalue weighted by atomic mass is 16.5. The first kappa shape index (κ1) is 15.7. The Balaban J connectivity index is 2.21. The zero-order valence-electron chi connectivity index (χ0n) is 12.5. The molecule has 0 bridgehead atoms. The highest BCUT2D eigenvalue weighted by molar-refractivity contribution is 5.92. The molecule has 1 heterocycles. The Labute approximate surface area is 128 Å². The van der Waals surface area contributed by atoms with Crippen LogP contribution < -0.4 is 0 Å². The molecule has 1 aromatic heterocycles. The fourth-order valence-electron chi connectivity index (χ4n) is 1.94. The Morgan fingerprint density at radius 3 is 2.50 bits per heavy atom. The van der Waals surface area contributed by atoms with Crippen molar-refractivity contribution in [1.82, 2.24) is 5.16 Å². The van der Waals surface area contributed by atoms with Crippen molar-refractivity contribution in [3.05, 3.63) is 47.2 Å². The fourth-order valence-corrected chi connectivity index (χ4v) is 1.94. The van der Waals surface area contributed by atoms with Gasteiger partial charge in [0.05, 0.1) is 0 Å². The third-order valence-corrected chi connectivity index (χ3v) is 3.21. The third-order valence-electron chi connectivity index (χ3n) is 3.21. The molecule has 5 heteroatoms. The number of carboxylic acids is 1. The van der Waals surface area contributed by atoms with Gasteiger partial charge in [0.25, 0.3) is 0 Å². The summed E-state index contributed by atoms with van der Waals surface area (Å²) in [5.74, 6) is -0.754. The first-order chi connectivity index (χ1) is 10.5. The number of carbonyl (C=O) groups is 2. The minimum Gasteiger partial charge on any atom is -0.478 e. The van der Waals surface area contributed by atoms with Gasteiger partial charge in [-0.3, -0.25) is 0 Å². The maximum Gasteiger partial charge on any atom is 0.331 e. The van der Waals surface area contributed by atoms with Crippen molar-refractivity contribution in [1.29, 1.82) is 0 Å². The summed E-state index contributed by atoms with van der Waals surface area (Å²) in [6.45, 7) is 3.43. The Morgan fingerprint density at radius 1 is 1.23 bits per heavy atom. The number of carbonyl (C=O) groups excluding carboxylic acids is 1. The van der Waals surface area contributed by atoms with Crippen LogP contribution in [0, 0.1) is 6.92 Å². The monoisotopic (exact) mass is 299 g/mol. The van der Waals surface area contributed by atoms with E-state index < -0.39 is 5.97 Å². The van der Waals surface area contributed by atoms with Crippen molar-refractivity contribution in [2.45, 2.75) is 26.7 Å². The lowest BCUT2D eigenvalue weighted by molar-refractivity contribution is -0.132. The predicted molar refractivity (Wildman–Crippen MR) is 82.2 cm³/mol. The SMILES string of the molecule is CC(=O)CC/C(=C\c1cc(-c2ccc(C)cc2)no1)C(=O)O. The summed E-state index contributed by atoms with van der Waals surface area (Å²) in [5.41, 5.74) is 2.81. The summed E-state index contributed by atoms with van der Waals surface area (Å²) in [6.07, 6.45) is 1.78. The fraction of sp³-hybridized carbons (Fsp3) is 0.235. The molecular formula is C17H17NO4. The highest BCUT2D eigenvalue weighted by Gasteiger charge is 2.11. The predicted octanol–water partition coefficient (Wildman–Crippen LogP) is 3.49. The minimum absolute atomic E-state index is 0.0509. The number of benzene rings is 1. The van der Waals surface area contributed by atoms with Crippen LogP contribution in [0.1, 0.15) is 31.1 Å². The molecular weight excluding hydrogens is 282 g/mol. The summed E-state index contributed by atoms with van der Waals surface area (Å²) in [5, 5.41) is 13.1. The van der Waals surface area contributed by atoms with E-state index in [4.69, 9.17) is 9.63 Å². The van der Waals surface area contributed by atoms with Crippen LogP contribution in [0.2, 0.25) is 0 Å². The van der Waals surface area contributed by atoms with E-state index >= 15 is 0 Å². The molecule has 0 spiro atoms. The molecule has 0 aliphatic rings. The number of carboxylic acid groups (broad SMARTS) is 1. The number of hydrogen-bond acceptors (Lipinski definition) is 4. The molecule has 0 atom stereocenters. The average molecular weight is 299 g/mol. The molecule has 2 rings (SSSR count). The molecule has 22 heavy (non-hydrogen) atoms. The van der Waals surface area contributed by atoms with Crippen LogP contribution in [0.15, 0.2) is 40.4 Å². The Morgan fingerprint density at radius 2 is 1.91 bits per heavy atom. The first-order valence-corrected chi connectivity index (χ1v) is 6.93.